The molecule has 0 bridgehead atoms. The van der Waals surface area contributed by atoms with E-state index in [0.29, 0.717) is 48.2 Å². The molecular formula is C26H24FN7O3. The van der Waals surface area contributed by atoms with E-state index in [1.165, 1.54) is 18.2 Å². The molecule has 0 saturated heterocycles. The minimum absolute atomic E-state index is 0.0209. The maximum absolute atomic E-state index is 14.9. The number of primary amides is 1. The van der Waals surface area contributed by atoms with Crippen LogP contribution < -0.4 is 15.8 Å². The number of pyridine rings is 2. The van der Waals surface area contributed by atoms with E-state index >= 15 is 0 Å². The van der Waals surface area contributed by atoms with Gasteiger partial charge in [0.2, 0.25) is 0 Å². The molecule has 3 heterocycles. The topological polar surface area (TPSA) is 138 Å². The molecule has 2 amide bonds. The zero-order valence-electron chi connectivity index (χ0n) is 20.0. The molecule has 1 fully saturated rings. The molecule has 0 radical (unpaired) electrons. The molecule has 1 saturated carbocycles. The predicted octanol–water partition coefficient (Wildman–Crippen LogP) is 3.04. The number of halogens is 1. The van der Waals surface area contributed by atoms with Crippen LogP contribution in [0.3, 0.4) is 0 Å². The zero-order chi connectivity index (χ0) is 25.9. The number of nitrogens with one attached hydrogen (secondary N) is 1. The van der Waals surface area contributed by atoms with E-state index in [1.54, 1.807) is 47.2 Å². The lowest BCUT2D eigenvalue weighted by Gasteiger charge is -2.35. The Morgan fingerprint density at radius 2 is 1.86 bits per heavy atom. The Kier molecular flexibility index (Phi) is 6.59. The van der Waals surface area contributed by atoms with Gasteiger partial charge in [0, 0.05) is 12.0 Å². The Bertz CT molecular complexity index is 1450. The first-order valence-corrected chi connectivity index (χ1v) is 11.8. The normalized spacial score (nSPS) is 16.6. The number of nitrogens with zero attached hydrogens (tertiary/aromatic N) is 5. The van der Waals surface area contributed by atoms with Gasteiger partial charge in [-0.05, 0) is 56.2 Å². The lowest BCUT2D eigenvalue weighted by atomic mass is 9.79. The number of hydrogen-bond donors (Lipinski definition) is 2. The third-order valence-electron chi connectivity index (χ3n) is 6.13. The molecule has 4 aromatic rings. The van der Waals surface area contributed by atoms with E-state index < -0.39 is 17.6 Å². The molecular weight excluding hydrogens is 477 g/mol. The zero-order valence-corrected chi connectivity index (χ0v) is 20.0. The van der Waals surface area contributed by atoms with Gasteiger partial charge in [0.05, 0.1) is 18.5 Å². The molecule has 3 N–H and O–H groups in total. The lowest BCUT2D eigenvalue weighted by molar-refractivity contribution is 0.0902. The van der Waals surface area contributed by atoms with Crippen LogP contribution in [-0.2, 0) is 0 Å². The Morgan fingerprint density at radius 1 is 1.08 bits per heavy atom. The Balaban J connectivity index is 1.38. The third kappa shape index (κ3) is 4.88. The summed E-state index contributed by atoms with van der Waals surface area (Å²) in [5.74, 6) is 0.0132. The molecule has 0 spiro atoms. The molecule has 0 unspecified atom stereocenters. The van der Waals surface area contributed by atoms with E-state index in [0.717, 1.165) is 0 Å². The van der Waals surface area contributed by atoms with Crippen LogP contribution >= 0.6 is 0 Å². The molecule has 1 aliphatic carbocycles. The molecule has 11 heteroatoms. The average Bonchev–Trinajstić information content (AvgIpc) is 3.31. The molecule has 0 aliphatic heterocycles. The summed E-state index contributed by atoms with van der Waals surface area (Å²) in [6.07, 6.45) is 2.74. The predicted molar refractivity (Wildman–Crippen MR) is 132 cm³/mol. The van der Waals surface area contributed by atoms with E-state index in [1.807, 2.05) is 6.92 Å². The van der Waals surface area contributed by atoms with Gasteiger partial charge < -0.3 is 15.8 Å². The van der Waals surface area contributed by atoms with Crippen molar-refractivity contribution in [1.82, 2.24) is 30.0 Å². The van der Waals surface area contributed by atoms with Crippen molar-refractivity contribution in [2.24, 2.45) is 5.73 Å². The number of carbonyl (C=O) groups is 2. The number of hydrogen-bond acceptors (Lipinski definition) is 7. The van der Waals surface area contributed by atoms with Crippen LogP contribution in [0.2, 0.25) is 0 Å². The highest BCUT2D eigenvalue weighted by Crippen LogP contribution is 2.39. The van der Waals surface area contributed by atoms with Crippen molar-refractivity contribution in [1.29, 1.82) is 0 Å². The van der Waals surface area contributed by atoms with E-state index in [4.69, 9.17) is 10.5 Å². The van der Waals surface area contributed by atoms with Crippen LogP contribution in [0, 0.1) is 5.82 Å². The fraction of sp³-hybridized carbons (Fsp3) is 0.231. The molecule has 1 aromatic carbocycles. The van der Waals surface area contributed by atoms with Gasteiger partial charge in [-0.25, -0.2) is 14.4 Å². The SMILES string of the molecule is CCOc1ccc(-c2nnc([C@H]3C[C@H](NC(=O)c4cccc(C(N)=O)n4)C3)n2-c2ccccc2F)nc1. The number of carbonyl (C=O) groups excluding carboxylic acids is 2. The van der Waals surface area contributed by atoms with Crippen molar-refractivity contribution in [2.45, 2.75) is 31.7 Å². The van der Waals surface area contributed by atoms with Gasteiger partial charge in [0.15, 0.2) is 5.82 Å². The highest BCUT2D eigenvalue weighted by molar-refractivity contribution is 5.95. The summed E-state index contributed by atoms with van der Waals surface area (Å²) in [4.78, 5) is 32.4. The average molecular weight is 502 g/mol. The summed E-state index contributed by atoms with van der Waals surface area (Å²) >= 11 is 0. The van der Waals surface area contributed by atoms with Gasteiger partial charge in [-0.3, -0.25) is 14.2 Å². The number of rotatable bonds is 8. The van der Waals surface area contributed by atoms with Crippen molar-refractivity contribution in [3.63, 3.8) is 0 Å². The van der Waals surface area contributed by atoms with Crippen LogP contribution in [0.15, 0.2) is 60.8 Å². The molecule has 37 heavy (non-hydrogen) atoms. The van der Waals surface area contributed by atoms with Crippen molar-refractivity contribution in [2.75, 3.05) is 6.61 Å². The van der Waals surface area contributed by atoms with Crippen LogP contribution in [0.5, 0.6) is 5.75 Å². The summed E-state index contributed by atoms with van der Waals surface area (Å²) in [5.41, 5.74) is 6.22. The minimum atomic E-state index is -0.705. The summed E-state index contributed by atoms with van der Waals surface area (Å²) in [6, 6.07) is 14.3. The van der Waals surface area contributed by atoms with Gasteiger partial charge >= 0.3 is 0 Å². The third-order valence-corrected chi connectivity index (χ3v) is 6.13. The van der Waals surface area contributed by atoms with Gasteiger partial charge in [0.1, 0.15) is 34.5 Å². The van der Waals surface area contributed by atoms with Gasteiger partial charge in [-0.15, -0.1) is 10.2 Å². The van der Waals surface area contributed by atoms with Gasteiger partial charge in [-0.2, -0.15) is 0 Å². The smallest absolute Gasteiger partial charge is 0.270 e. The first-order valence-electron chi connectivity index (χ1n) is 11.8. The minimum Gasteiger partial charge on any atom is -0.492 e. The fourth-order valence-electron chi connectivity index (χ4n) is 4.27. The highest BCUT2D eigenvalue weighted by atomic mass is 19.1. The number of ether oxygens (including phenoxy) is 1. The number of amides is 2. The second-order valence-corrected chi connectivity index (χ2v) is 8.59. The van der Waals surface area contributed by atoms with Crippen LogP contribution in [0.25, 0.3) is 17.2 Å². The first kappa shape index (κ1) is 24.0. The highest BCUT2D eigenvalue weighted by Gasteiger charge is 2.36. The van der Waals surface area contributed by atoms with Crippen LogP contribution in [0.1, 0.15) is 52.5 Å². The standard InChI is InChI=1S/C26H24FN7O3/c1-2-37-17-10-11-20(29-14-17)25-33-32-24(34(25)22-9-4-3-6-18(22)27)15-12-16(13-15)30-26(36)21-8-5-7-19(31-21)23(28)35/h3-11,14-16H,2,12-13H2,1H3,(H2,28,35)(H,30,36)/t15-,16-. The Hall–Kier alpha value is -4.67. The molecule has 188 valence electrons. The molecule has 0 atom stereocenters. The second kappa shape index (κ2) is 10.1. The summed E-state index contributed by atoms with van der Waals surface area (Å²) < 4.78 is 22.0. The summed E-state index contributed by atoms with van der Waals surface area (Å²) in [6.45, 7) is 2.40. The molecule has 10 nitrogen and oxygen atoms in total. The van der Waals surface area contributed by atoms with Gasteiger partial charge in [0.25, 0.3) is 11.8 Å². The van der Waals surface area contributed by atoms with E-state index in [2.05, 4.69) is 25.5 Å². The Morgan fingerprint density at radius 3 is 2.57 bits per heavy atom. The van der Waals surface area contributed by atoms with Crippen LogP contribution in [0.4, 0.5) is 4.39 Å². The first-order chi connectivity index (χ1) is 17.9. The van der Waals surface area contributed by atoms with Crippen molar-refractivity contribution in [3.05, 3.63) is 83.8 Å². The number of aromatic nitrogens is 5. The number of benzene rings is 1. The summed E-state index contributed by atoms with van der Waals surface area (Å²) in [7, 11) is 0. The summed E-state index contributed by atoms with van der Waals surface area (Å²) in [5, 5.41) is 11.7. The molecule has 3 aromatic heterocycles. The van der Waals surface area contributed by atoms with E-state index in [-0.39, 0.29) is 23.3 Å². The van der Waals surface area contributed by atoms with E-state index in [9.17, 15) is 14.0 Å². The second-order valence-electron chi connectivity index (χ2n) is 8.59. The molecule has 1 aliphatic rings. The fourth-order valence-corrected chi connectivity index (χ4v) is 4.27. The maximum Gasteiger partial charge on any atom is 0.270 e. The van der Waals surface area contributed by atoms with Gasteiger partial charge in [-0.1, -0.05) is 18.2 Å². The monoisotopic (exact) mass is 501 g/mol. The van der Waals surface area contributed by atoms with Crippen molar-refractivity contribution >= 4 is 11.8 Å². The van der Waals surface area contributed by atoms with Crippen molar-refractivity contribution < 1.29 is 18.7 Å². The number of nitrogens with two attached hydrogens (primary N) is 1. The Labute approximate surface area is 211 Å². The van der Waals surface area contributed by atoms with Crippen LogP contribution in [-0.4, -0.2) is 49.2 Å². The quantitative estimate of drug-likeness (QED) is 0.378. The number of para-hydroxylation sites is 1. The maximum atomic E-state index is 14.9. The molecule has 5 rings (SSSR count). The largest absolute Gasteiger partial charge is 0.492 e. The lowest BCUT2D eigenvalue weighted by Crippen LogP contribution is -2.44. The van der Waals surface area contributed by atoms with Crippen molar-refractivity contribution in [3.8, 4) is 23.0 Å².